The Morgan fingerprint density at radius 2 is 2.00 bits per heavy atom. The first kappa shape index (κ1) is 18.7. The van der Waals surface area contributed by atoms with E-state index in [9.17, 15) is 9.59 Å². The van der Waals surface area contributed by atoms with Gasteiger partial charge in [0, 0.05) is 24.3 Å². The van der Waals surface area contributed by atoms with E-state index in [0.29, 0.717) is 24.7 Å². The molecule has 0 bridgehead atoms. The van der Waals surface area contributed by atoms with Crippen molar-refractivity contribution in [3.63, 3.8) is 0 Å². The first-order chi connectivity index (χ1) is 12.4. The third-order valence-electron chi connectivity index (χ3n) is 4.92. The zero-order valence-electron chi connectivity index (χ0n) is 15.3. The summed E-state index contributed by atoms with van der Waals surface area (Å²) in [5.74, 6) is -0.237. The highest BCUT2D eigenvalue weighted by Gasteiger charge is 2.28. The third kappa shape index (κ3) is 3.55. The smallest absolute Gasteiger partial charge is 0.263 e. The van der Waals surface area contributed by atoms with Crippen molar-refractivity contribution in [3.05, 3.63) is 68.1 Å². The lowest BCUT2D eigenvalue weighted by atomic mass is 10.1. The van der Waals surface area contributed by atoms with Crippen molar-refractivity contribution in [3.8, 4) is 0 Å². The molecule has 1 aromatic carbocycles. The Balaban J connectivity index is 1.86. The minimum Gasteiger partial charge on any atom is -0.370 e. The van der Waals surface area contributed by atoms with Gasteiger partial charge in [-0.1, -0.05) is 30.7 Å². The summed E-state index contributed by atoms with van der Waals surface area (Å²) in [5.41, 5.74) is 2.86. The third-order valence-corrected chi connectivity index (χ3v) is 5.17. The van der Waals surface area contributed by atoms with E-state index >= 15 is 0 Å². The summed E-state index contributed by atoms with van der Waals surface area (Å²) in [4.78, 5) is 27.3. The number of aromatic nitrogens is 1. The second-order valence-electron chi connectivity index (χ2n) is 6.57. The Morgan fingerprint density at radius 1 is 1.31 bits per heavy atom. The van der Waals surface area contributed by atoms with Gasteiger partial charge in [0.1, 0.15) is 11.7 Å². The predicted octanol–water partition coefficient (Wildman–Crippen LogP) is 3.12. The quantitative estimate of drug-likeness (QED) is 0.829. The van der Waals surface area contributed by atoms with Crippen molar-refractivity contribution in [2.45, 2.75) is 26.4 Å². The average Bonchev–Trinajstić information content (AvgIpc) is 2.65. The monoisotopic (exact) mass is 374 g/mol. The molecule has 1 saturated heterocycles. The van der Waals surface area contributed by atoms with E-state index in [4.69, 9.17) is 16.3 Å². The van der Waals surface area contributed by atoms with Crippen molar-refractivity contribution in [1.29, 1.82) is 0 Å². The Hall–Kier alpha value is -2.11. The maximum absolute atomic E-state index is 13.0. The highest BCUT2D eigenvalue weighted by molar-refractivity contribution is 6.30. The van der Waals surface area contributed by atoms with E-state index in [-0.39, 0.29) is 23.1 Å². The van der Waals surface area contributed by atoms with Crippen LogP contribution in [0.1, 0.15) is 40.2 Å². The lowest BCUT2D eigenvalue weighted by Crippen LogP contribution is -2.44. The van der Waals surface area contributed by atoms with Crippen molar-refractivity contribution < 1.29 is 9.53 Å². The van der Waals surface area contributed by atoms with E-state index in [1.54, 1.807) is 22.6 Å². The molecule has 5 nitrogen and oxygen atoms in total. The van der Waals surface area contributed by atoms with Gasteiger partial charge in [-0.05, 0) is 42.7 Å². The number of hydrogen-bond acceptors (Lipinski definition) is 3. The number of carbonyl (C=O) groups is 1. The van der Waals surface area contributed by atoms with Crippen LogP contribution < -0.4 is 5.56 Å². The summed E-state index contributed by atoms with van der Waals surface area (Å²) in [6.45, 7) is 5.26. The number of pyridine rings is 1. The summed E-state index contributed by atoms with van der Waals surface area (Å²) in [7, 11) is 1.72. The van der Waals surface area contributed by atoms with Gasteiger partial charge in [0.15, 0.2) is 0 Å². The predicted molar refractivity (Wildman–Crippen MR) is 102 cm³/mol. The standard InChI is InChI=1S/C20H23ClN2O3/c1-4-17-13(2)11-16(19(24)22(17)3)20(25)23-9-10-26-18(12-23)14-5-7-15(21)8-6-14/h5-8,11,18H,4,9-10,12H2,1-3H3. The van der Waals surface area contributed by atoms with Crippen LogP contribution in [0.25, 0.3) is 0 Å². The number of ether oxygens (including phenoxy) is 1. The Morgan fingerprint density at radius 3 is 2.65 bits per heavy atom. The normalized spacial score (nSPS) is 17.4. The Kier molecular flexibility index (Phi) is 5.49. The van der Waals surface area contributed by atoms with Gasteiger partial charge in [0.05, 0.1) is 13.2 Å². The van der Waals surface area contributed by atoms with Gasteiger partial charge in [-0.2, -0.15) is 0 Å². The first-order valence-corrected chi connectivity index (χ1v) is 9.16. The van der Waals surface area contributed by atoms with Crippen LogP contribution in [0, 0.1) is 6.92 Å². The SMILES string of the molecule is CCc1c(C)cc(C(=O)N2CCOC(c3ccc(Cl)cc3)C2)c(=O)n1C. The lowest BCUT2D eigenvalue weighted by Gasteiger charge is -2.33. The largest absolute Gasteiger partial charge is 0.370 e. The highest BCUT2D eigenvalue weighted by atomic mass is 35.5. The van der Waals surface area contributed by atoms with Crippen LogP contribution in [0.3, 0.4) is 0 Å². The molecule has 1 atom stereocenters. The number of rotatable bonds is 3. The highest BCUT2D eigenvalue weighted by Crippen LogP contribution is 2.24. The zero-order chi connectivity index (χ0) is 18.8. The van der Waals surface area contributed by atoms with Crippen LogP contribution in [-0.4, -0.2) is 35.1 Å². The fraction of sp³-hybridized carbons (Fsp3) is 0.400. The van der Waals surface area contributed by atoms with Gasteiger partial charge in [-0.15, -0.1) is 0 Å². The van der Waals surface area contributed by atoms with E-state index < -0.39 is 0 Å². The van der Waals surface area contributed by atoms with Crippen LogP contribution >= 0.6 is 11.6 Å². The fourth-order valence-electron chi connectivity index (χ4n) is 3.48. The molecule has 1 unspecified atom stereocenters. The summed E-state index contributed by atoms with van der Waals surface area (Å²) in [6.07, 6.45) is 0.534. The molecule has 6 heteroatoms. The summed E-state index contributed by atoms with van der Waals surface area (Å²) in [5, 5.41) is 0.660. The van der Waals surface area contributed by atoms with Crippen LogP contribution in [0.2, 0.25) is 5.02 Å². The molecule has 1 aromatic heterocycles. The van der Waals surface area contributed by atoms with E-state index in [1.807, 2.05) is 38.1 Å². The van der Waals surface area contributed by atoms with Crippen LogP contribution in [0.15, 0.2) is 35.1 Å². The minimum absolute atomic E-state index is 0.218. The molecule has 0 radical (unpaired) electrons. The molecular weight excluding hydrogens is 352 g/mol. The number of morpholine rings is 1. The van der Waals surface area contributed by atoms with Crippen LogP contribution in [-0.2, 0) is 18.2 Å². The van der Waals surface area contributed by atoms with Gasteiger partial charge >= 0.3 is 0 Å². The van der Waals surface area contributed by atoms with Gasteiger partial charge in [-0.3, -0.25) is 9.59 Å². The molecule has 3 rings (SSSR count). The van der Waals surface area contributed by atoms with Crippen LogP contribution in [0.4, 0.5) is 0 Å². The molecule has 1 amide bonds. The van der Waals surface area contributed by atoms with Gasteiger partial charge in [0.25, 0.3) is 11.5 Å². The Labute approximate surface area is 158 Å². The molecule has 2 aromatic rings. The molecular formula is C20H23ClN2O3. The van der Waals surface area contributed by atoms with Gasteiger partial charge in [0.2, 0.25) is 0 Å². The second kappa shape index (κ2) is 7.64. The van der Waals surface area contributed by atoms with Gasteiger partial charge in [-0.25, -0.2) is 0 Å². The molecule has 0 spiro atoms. The molecule has 26 heavy (non-hydrogen) atoms. The number of amides is 1. The molecule has 1 fully saturated rings. The molecule has 1 aliphatic heterocycles. The first-order valence-electron chi connectivity index (χ1n) is 8.78. The lowest BCUT2D eigenvalue weighted by molar-refractivity contribution is -0.0229. The average molecular weight is 375 g/mol. The molecule has 1 aliphatic rings. The zero-order valence-corrected chi connectivity index (χ0v) is 16.0. The van der Waals surface area contributed by atoms with Crippen molar-refractivity contribution in [2.24, 2.45) is 7.05 Å². The van der Waals surface area contributed by atoms with E-state index in [2.05, 4.69) is 0 Å². The van der Waals surface area contributed by atoms with E-state index in [0.717, 1.165) is 23.2 Å². The molecule has 138 valence electrons. The fourth-order valence-corrected chi connectivity index (χ4v) is 3.61. The number of carbonyl (C=O) groups excluding carboxylic acids is 1. The number of nitrogens with zero attached hydrogens (tertiary/aromatic N) is 2. The number of halogens is 1. The summed E-state index contributed by atoms with van der Waals surface area (Å²) >= 11 is 5.94. The van der Waals surface area contributed by atoms with Crippen molar-refractivity contribution in [1.82, 2.24) is 9.47 Å². The molecule has 0 saturated carbocycles. The minimum atomic E-state index is -0.244. The maximum Gasteiger partial charge on any atom is 0.263 e. The van der Waals surface area contributed by atoms with Crippen molar-refractivity contribution >= 4 is 17.5 Å². The number of hydrogen-bond donors (Lipinski definition) is 0. The molecule has 0 N–H and O–H groups in total. The summed E-state index contributed by atoms with van der Waals surface area (Å²) in [6, 6.07) is 9.14. The number of benzene rings is 1. The molecule has 2 heterocycles. The van der Waals surface area contributed by atoms with E-state index in [1.165, 1.54) is 0 Å². The maximum atomic E-state index is 13.0. The van der Waals surface area contributed by atoms with Crippen molar-refractivity contribution in [2.75, 3.05) is 19.7 Å². The Bertz CT molecular complexity index is 874. The number of aryl methyl sites for hydroxylation is 1. The van der Waals surface area contributed by atoms with Gasteiger partial charge < -0.3 is 14.2 Å². The van der Waals surface area contributed by atoms with Crippen LogP contribution in [0.5, 0.6) is 0 Å². The summed E-state index contributed by atoms with van der Waals surface area (Å²) < 4.78 is 7.40. The second-order valence-corrected chi connectivity index (χ2v) is 7.00. The topological polar surface area (TPSA) is 51.5 Å². The molecule has 0 aliphatic carbocycles.